The second kappa shape index (κ2) is 15.2. The summed E-state index contributed by atoms with van der Waals surface area (Å²) >= 11 is 1.91. The van der Waals surface area contributed by atoms with Gasteiger partial charge in [0.05, 0.1) is 16.7 Å². The van der Waals surface area contributed by atoms with Crippen LogP contribution in [0.2, 0.25) is 0 Å². The first-order valence-corrected chi connectivity index (χ1v) is 23.0. The van der Waals surface area contributed by atoms with Crippen LogP contribution in [0.3, 0.4) is 0 Å². The van der Waals surface area contributed by atoms with Crippen LogP contribution in [0.5, 0.6) is 0 Å². The van der Waals surface area contributed by atoms with Crippen LogP contribution in [0, 0.1) is 0 Å². The van der Waals surface area contributed by atoms with Crippen LogP contribution >= 0.6 is 11.3 Å². The normalized spacial score (nSPS) is 11.7. The molecule has 0 saturated heterocycles. The van der Waals surface area contributed by atoms with Crippen LogP contribution < -0.4 is 0 Å². The van der Waals surface area contributed by atoms with Crippen molar-refractivity contribution in [3.63, 3.8) is 0 Å². The number of pyridine rings is 2. The molecule has 0 spiro atoms. The minimum Gasteiger partial charge on any atom is -0.254 e. The lowest BCUT2D eigenvalue weighted by Gasteiger charge is -2.16. The maximum absolute atomic E-state index is 5.28. The van der Waals surface area contributed by atoms with Crippen molar-refractivity contribution in [2.75, 3.05) is 0 Å². The van der Waals surface area contributed by atoms with E-state index in [1.165, 1.54) is 97.4 Å². The molecule has 3 aromatic heterocycles. The Kier molecular flexibility index (Phi) is 8.75. The molecule has 0 saturated carbocycles. The quantitative estimate of drug-likeness (QED) is 0.156. The Morgan fingerprint density at radius 2 is 0.769 bits per heavy atom. The molecule has 65 heavy (non-hydrogen) atoms. The minimum atomic E-state index is 0.921. The molecular formula is C62H38N2S. The standard InChI is InChI=1S/C62H38N2S/c1-4-23-46-39(14-1)17-10-28-53(46)57-58(54-29-11-18-40-15-2-5-24-47(40)54)62(55-30-12-19-41-16-3-6-25-48(41)55)65-61(57)45-21-9-20-44(38-45)49-34-35-52(51-27-8-7-26-50(49)51)56-36-33-43-32-31-42-22-13-37-63-59(42)60(43)64-56/h1-38H. The third-order valence-corrected chi connectivity index (χ3v) is 14.4. The van der Waals surface area contributed by atoms with Crippen molar-refractivity contribution in [2.45, 2.75) is 0 Å². The molecule has 0 radical (unpaired) electrons. The SMILES string of the molecule is c1cc(-c2sc(-c3cccc4ccccc34)c(-c3cccc4ccccc34)c2-c2cccc3ccccc23)cc(-c2ccc(-c3ccc4ccc5cccnc5c4n3)c3ccccc23)c1. The van der Waals surface area contributed by atoms with Crippen molar-refractivity contribution in [1.29, 1.82) is 0 Å². The van der Waals surface area contributed by atoms with Crippen LogP contribution in [-0.4, -0.2) is 9.97 Å². The molecule has 13 aromatic rings. The molecule has 0 atom stereocenters. The summed E-state index contributed by atoms with van der Waals surface area (Å²) in [5.41, 5.74) is 13.7. The maximum Gasteiger partial charge on any atom is 0.0972 e. The first kappa shape index (κ1) is 37.3. The number of fused-ring (bicyclic) bond motifs is 7. The van der Waals surface area contributed by atoms with Gasteiger partial charge in [-0.3, -0.25) is 4.98 Å². The predicted molar refractivity (Wildman–Crippen MR) is 278 cm³/mol. The molecule has 13 rings (SSSR count). The van der Waals surface area contributed by atoms with E-state index >= 15 is 0 Å². The van der Waals surface area contributed by atoms with E-state index in [0.29, 0.717) is 0 Å². The summed E-state index contributed by atoms with van der Waals surface area (Å²) in [4.78, 5) is 12.5. The third kappa shape index (κ3) is 6.16. The highest BCUT2D eigenvalue weighted by molar-refractivity contribution is 7.20. The summed E-state index contributed by atoms with van der Waals surface area (Å²) in [5.74, 6) is 0. The highest BCUT2D eigenvalue weighted by Crippen LogP contribution is 2.55. The molecule has 0 N–H and O–H groups in total. The zero-order chi connectivity index (χ0) is 42.8. The Labute approximate surface area is 380 Å². The zero-order valence-corrected chi connectivity index (χ0v) is 36.1. The molecule has 3 heteroatoms. The van der Waals surface area contributed by atoms with E-state index in [-0.39, 0.29) is 0 Å². The van der Waals surface area contributed by atoms with Gasteiger partial charge in [0.2, 0.25) is 0 Å². The highest BCUT2D eigenvalue weighted by atomic mass is 32.1. The van der Waals surface area contributed by atoms with Crippen LogP contribution in [0.25, 0.3) is 130 Å². The monoisotopic (exact) mass is 842 g/mol. The Morgan fingerprint density at radius 1 is 0.292 bits per heavy atom. The summed E-state index contributed by atoms with van der Waals surface area (Å²) in [5, 5.41) is 11.9. The molecule has 0 bridgehead atoms. The van der Waals surface area contributed by atoms with Gasteiger partial charge in [-0.2, -0.15) is 0 Å². The smallest absolute Gasteiger partial charge is 0.0972 e. The second-order valence-electron chi connectivity index (χ2n) is 16.8. The van der Waals surface area contributed by atoms with Crippen LogP contribution in [0.4, 0.5) is 0 Å². The summed E-state index contributed by atoms with van der Waals surface area (Å²) in [6, 6.07) is 81.9. The Morgan fingerprint density at radius 3 is 1.45 bits per heavy atom. The molecule has 3 heterocycles. The number of hydrogen-bond donors (Lipinski definition) is 0. The summed E-state index contributed by atoms with van der Waals surface area (Å²) < 4.78 is 0. The van der Waals surface area contributed by atoms with Crippen molar-refractivity contribution in [3.8, 4) is 65.5 Å². The van der Waals surface area contributed by atoms with Crippen LogP contribution in [0.15, 0.2) is 231 Å². The summed E-state index contributed by atoms with van der Waals surface area (Å²) in [7, 11) is 0. The molecule has 0 fully saturated rings. The molecule has 10 aromatic carbocycles. The van der Waals surface area contributed by atoms with Gasteiger partial charge in [0, 0.05) is 49.0 Å². The molecular weight excluding hydrogens is 805 g/mol. The molecule has 0 aliphatic carbocycles. The number of rotatable bonds is 6. The van der Waals surface area contributed by atoms with Gasteiger partial charge in [0.1, 0.15) is 0 Å². The van der Waals surface area contributed by atoms with Gasteiger partial charge in [0.25, 0.3) is 0 Å². The average molecular weight is 843 g/mol. The molecule has 302 valence electrons. The highest BCUT2D eigenvalue weighted by Gasteiger charge is 2.27. The van der Waals surface area contributed by atoms with Gasteiger partial charge in [-0.25, -0.2) is 4.98 Å². The molecule has 2 nitrogen and oxygen atoms in total. The van der Waals surface area contributed by atoms with Gasteiger partial charge in [-0.1, -0.05) is 206 Å². The number of thiophene rings is 1. The third-order valence-electron chi connectivity index (χ3n) is 13.1. The van der Waals surface area contributed by atoms with Crippen LogP contribution in [0.1, 0.15) is 0 Å². The topological polar surface area (TPSA) is 25.8 Å². The minimum absolute atomic E-state index is 0.921. The van der Waals surface area contributed by atoms with Crippen molar-refractivity contribution in [1.82, 2.24) is 9.97 Å². The van der Waals surface area contributed by atoms with E-state index in [9.17, 15) is 0 Å². The van der Waals surface area contributed by atoms with Crippen molar-refractivity contribution < 1.29 is 0 Å². The Hall–Kier alpha value is -8.24. The fourth-order valence-corrected chi connectivity index (χ4v) is 11.5. The largest absolute Gasteiger partial charge is 0.254 e. The van der Waals surface area contributed by atoms with E-state index < -0.39 is 0 Å². The molecule has 0 aliphatic rings. The second-order valence-corrected chi connectivity index (χ2v) is 17.8. The number of benzene rings is 10. The number of aromatic nitrogens is 2. The van der Waals surface area contributed by atoms with Gasteiger partial charge >= 0.3 is 0 Å². The van der Waals surface area contributed by atoms with E-state index in [1.807, 2.05) is 23.6 Å². The van der Waals surface area contributed by atoms with Gasteiger partial charge in [-0.15, -0.1) is 11.3 Å². The average Bonchev–Trinajstić information content (AvgIpc) is 3.77. The lowest BCUT2D eigenvalue weighted by molar-refractivity contribution is 1.37. The Balaban J connectivity index is 1.06. The van der Waals surface area contributed by atoms with Crippen LogP contribution in [-0.2, 0) is 0 Å². The molecule has 0 aliphatic heterocycles. The summed E-state index contributed by atoms with van der Waals surface area (Å²) in [6.45, 7) is 0. The van der Waals surface area contributed by atoms with E-state index in [4.69, 9.17) is 9.97 Å². The maximum atomic E-state index is 5.28. The Bertz CT molecular complexity index is 4010. The van der Waals surface area contributed by atoms with Gasteiger partial charge < -0.3 is 0 Å². The van der Waals surface area contributed by atoms with E-state index in [1.54, 1.807) is 0 Å². The predicted octanol–water partition coefficient (Wildman–Crippen LogP) is 17.5. The first-order chi connectivity index (χ1) is 32.2. The number of nitrogens with zero attached hydrogens (tertiary/aromatic N) is 2. The zero-order valence-electron chi connectivity index (χ0n) is 35.2. The van der Waals surface area contributed by atoms with Crippen molar-refractivity contribution in [2.24, 2.45) is 0 Å². The first-order valence-electron chi connectivity index (χ1n) is 22.1. The molecule has 0 amide bonds. The van der Waals surface area contributed by atoms with Crippen molar-refractivity contribution >= 4 is 76.2 Å². The fraction of sp³-hybridized carbons (Fsp3) is 0. The van der Waals surface area contributed by atoms with E-state index in [2.05, 4.69) is 218 Å². The van der Waals surface area contributed by atoms with Gasteiger partial charge in [0.15, 0.2) is 0 Å². The molecule has 0 unspecified atom stereocenters. The van der Waals surface area contributed by atoms with Crippen molar-refractivity contribution in [3.05, 3.63) is 231 Å². The lowest BCUT2D eigenvalue weighted by Crippen LogP contribution is -1.91. The lowest BCUT2D eigenvalue weighted by atomic mass is 9.86. The fourth-order valence-electron chi connectivity index (χ4n) is 10.1. The summed E-state index contributed by atoms with van der Waals surface area (Å²) in [6.07, 6.45) is 1.85. The number of hydrogen-bond acceptors (Lipinski definition) is 3. The van der Waals surface area contributed by atoms with E-state index in [0.717, 1.165) is 33.1 Å². The van der Waals surface area contributed by atoms with Gasteiger partial charge in [-0.05, 0) is 89.1 Å².